The second kappa shape index (κ2) is 8.69. The van der Waals surface area contributed by atoms with Crippen LogP contribution in [0, 0.1) is 6.92 Å². The van der Waals surface area contributed by atoms with Crippen LogP contribution < -0.4 is 0 Å². The number of benzene rings is 1. The number of esters is 1. The number of ketones is 1. The molecular weight excluding hydrogens is 280 g/mol. The summed E-state index contributed by atoms with van der Waals surface area (Å²) in [5, 5.41) is 10.7. The van der Waals surface area contributed by atoms with Crippen LogP contribution in [0.3, 0.4) is 0 Å². The average Bonchev–Trinajstić information content (AvgIpc) is 2.51. The van der Waals surface area contributed by atoms with E-state index in [1.807, 2.05) is 6.92 Å². The van der Waals surface area contributed by atoms with E-state index in [0.29, 0.717) is 12.0 Å². The van der Waals surface area contributed by atoms with Gasteiger partial charge in [0, 0.05) is 5.56 Å². The van der Waals surface area contributed by atoms with Gasteiger partial charge in [0.25, 0.3) is 0 Å². The Morgan fingerprint density at radius 2 is 1.73 bits per heavy atom. The Bertz CT molecular complexity index is 492. The van der Waals surface area contributed by atoms with E-state index in [4.69, 9.17) is 4.74 Å². The normalized spacial score (nSPS) is 13.5. The van der Waals surface area contributed by atoms with E-state index >= 15 is 0 Å². The molecule has 1 aromatic rings. The third kappa shape index (κ3) is 4.67. The second-order valence-electron chi connectivity index (χ2n) is 5.59. The minimum atomic E-state index is -2.08. The van der Waals surface area contributed by atoms with Crippen molar-refractivity contribution in [3.05, 3.63) is 35.4 Å². The zero-order valence-electron chi connectivity index (χ0n) is 13.7. The van der Waals surface area contributed by atoms with Gasteiger partial charge in [-0.1, -0.05) is 56.0 Å². The van der Waals surface area contributed by atoms with E-state index in [0.717, 1.165) is 24.8 Å². The van der Waals surface area contributed by atoms with Gasteiger partial charge in [-0.2, -0.15) is 0 Å². The fourth-order valence-electron chi connectivity index (χ4n) is 2.31. The molecule has 0 bridgehead atoms. The predicted molar refractivity (Wildman–Crippen MR) is 85.9 cm³/mol. The molecule has 0 saturated carbocycles. The Kier molecular flexibility index (Phi) is 7.25. The first kappa shape index (κ1) is 18.4. The second-order valence-corrected chi connectivity index (χ2v) is 5.59. The minimum absolute atomic E-state index is 0.0958. The Hall–Kier alpha value is -1.68. The standard InChI is InChI=1S/C18H26O4/c1-4-6-7-8-13-18(21,17(20)22-5-2)16(19)15-11-9-14(3)10-12-15/h9-12,21H,4-8,13H2,1-3H3. The maximum Gasteiger partial charge on any atom is 0.346 e. The van der Waals surface area contributed by atoms with Gasteiger partial charge < -0.3 is 9.84 Å². The molecule has 0 heterocycles. The maximum absolute atomic E-state index is 12.6. The first-order valence-corrected chi connectivity index (χ1v) is 7.96. The average molecular weight is 306 g/mol. The number of hydrogen-bond acceptors (Lipinski definition) is 4. The van der Waals surface area contributed by atoms with E-state index in [-0.39, 0.29) is 13.0 Å². The molecule has 1 N–H and O–H groups in total. The summed E-state index contributed by atoms with van der Waals surface area (Å²) in [6.45, 7) is 5.79. The maximum atomic E-state index is 12.6. The largest absolute Gasteiger partial charge is 0.464 e. The van der Waals surface area contributed by atoms with Crippen LogP contribution in [0.2, 0.25) is 0 Å². The molecule has 0 spiro atoms. The number of ether oxygens (including phenoxy) is 1. The fraction of sp³-hybridized carbons (Fsp3) is 0.556. The van der Waals surface area contributed by atoms with E-state index in [2.05, 4.69) is 6.92 Å². The highest BCUT2D eigenvalue weighted by Gasteiger charge is 2.45. The van der Waals surface area contributed by atoms with Crippen LogP contribution in [0.5, 0.6) is 0 Å². The van der Waals surface area contributed by atoms with Crippen LogP contribution >= 0.6 is 0 Å². The third-order valence-electron chi connectivity index (χ3n) is 3.69. The zero-order chi connectivity index (χ0) is 16.6. The molecule has 4 nitrogen and oxygen atoms in total. The molecule has 1 rings (SSSR count). The van der Waals surface area contributed by atoms with Gasteiger partial charge in [0.15, 0.2) is 0 Å². The Morgan fingerprint density at radius 3 is 2.27 bits per heavy atom. The number of rotatable bonds is 9. The number of carbonyl (C=O) groups is 2. The molecule has 4 heteroatoms. The quantitative estimate of drug-likeness (QED) is 0.328. The van der Waals surface area contributed by atoms with E-state index in [1.54, 1.807) is 31.2 Å². The van der Waals surface area contributed by atoms with Crippen molar-refractivity contribution >= 4 is 11.8 Å². The molecule has 0 aromatic heterocycles. The van der Waals surface area contributed by atoms with Crippen molar-refractivity contribution in [3.8, 4) is 0 Å². The van der Waals surface area contributed by atoms with E-state index in [9.17, 15) is 14.7 Å². The fourth-order valence-corrected chi connectivity index (χ4v) is 2.31. The molecule has 0 saturated heterocycles. The van der Waals surface area contributed by atoms with Gasteiger partial charge in [-0.25, -0.2) is 4.79 Å². The summed E-state index contributed by atoms with van der Waals surface area (Å²) in [5.41, 5.74) is -0.741. The Labute approximate surface area is 132 Å². The monoisotopic (exact) mass is 306 g/mol. The molecule has 0 amide bonds. The van der Waals surface area contributed by atoms with Gasteiger partial charge in [-0.15, -0.1) is 0 Å². The van der Waals surface area contributed by atoms with Crippen molar-refractivity contribution in [1.82, 2.24) is 0 Å². The van der Waals surface area contributed by atoms with Gasteiger partial charge in [0.05, 0.1) is 6.61 Å². The molecule has 1 aromatic carbocycles. The lowest BCUT2D eigenvalue weighted by Crippen LogP contribution is -2.47. The van der Waals surface area contributed by atoms with Crippen molar-refractivity contribution in [2.45, 2.75) is 58.5 Å². The first-order chi connectivity index (χ1) is 10.5. The van der Waals surface area contributed by atoms with Crippen LogP contribution in [-0.2, 0) is 9.53 Å². The van der Waals surface area contributed by atoms with Crippen LogP contribution in [0.25, 0.3) is 0 Å². The molecule has 22 heavy (non-hydrogen) atoms. The molecule has 1 atom stereocenters. The van der Waals surface area contributed by atoms with Crippen LogP contribution in [-0.4, -0.2) is 29.1 Å². The zero-order valence-corrected chi connectivity index (χ0v) is 13.7. The summed E-state index contributed by atoms with van der Waals surface area (Å²) in [5.74, 6) is -1.43. The Balaban J connectivity index is 2.94. The van der Waals surface area contributed by atoms with Gasteiger partial charge in [-0.05, 0) is 26.7 Å². The molecule has 0 aliphatic heterocycles. The summed E-state index contributed by atoms with van der Waals surface area (Å²) in [7, 11) is 0. The van der Waals surface area contributed by atoms with Gasteiger partial charge in [0.2, 0.25) is 11.4 Å². The summed E-state index contributed by atoms with van der Waals surface area (Å²) < 4.78 is 4.92. The molecule has 0 radical (unpaired) electrons. The van der Waals surface area contributed by atoms with E-state index < -0.39 is 17.4 Å². The van der Waals surface area contributed by atoms with E-state index in [1.165, 1.54) is 0 Å². The van der Waals surface area contributed by atoms with Gasteiger partial charge in [0.1, 0.15) is 0 Å². The minimum Gasteiger partial charge on any atom is -0.464 e. The summed E-state index contributed by atoms with van der Waals surface area (Å²) in [6, 6.07) is 6.84. The number of hydrogen-bond donors (Lipinski definition) is 1. The highest BCUT2D eigenvalue weighted by molar-refractivity contribution is 6.15. The van der Waals surface area contributed by atoms with Crippen molar-refractivity contribution in [1.29, 1.82) is 0 Å². The highest BCUT2D eigenvalue weighted by atomic mass is 16.5. The summed E-state index contributed by atoms with van der Waals surface area (Å²) in [6.07, 6.45) is 3.64. The SMILES string of the molecule is CCCCCCC(O)(C(=O)OCC)C(=O)c1ccc(C)cc1. The highest BCUT2D eigenvalue weighted by Crippen LogP contribution is 2.23. The molecule has 1 unspecified atom stereocenters. The van der Waals surface area contributed by atoms with Crippen LogP contribution in [0.15, 0.2) is 24.3 Å². The smallest absolute Gasteiger partial charge is 0.346 e. The Morgan fingerprint density at radius 1 is 1.09 bits per heavy atom. The lowest BCUT2D eigenvalue weighted by atomic mass is 9.87. The van der Waals surface area contributed by atoms with Gasteiger partial charge >= 0.3 is 5.97 Å². The summed E-state index contributed by atoms with van der Waals surface area (Å²) in [4.78, 5) is 24.7. The lowest BCUT2D eigenvalue weighted by molar-refractivity contribution is -0.160. The van der Waals surface area contributed by atoms with Crippen molar-refractivity contribution in [2.75, 3.05) is 6.61 Å². The lowest BCUT2D eigenvalue weighted by Gasteiger charge is -2.24. The first-order valence-electron chi connectivity index (χ1n) is 7.96. The van der Waals surface area contributed by atoms with Crippen LogP contribution in [0.4, 0.5) is 0 Å². The predicted octanol–water partition coefficient (Wildman–Crippen LogP) is 3.44. The van der Waals surface area contributed by atoms with Crippen molar-refractivity contribution < 1.29 is 19.4 Å². The summed E-state index contributed by atoms with van der Waals surface area (Å²) >= 11 is 0. The molecule has 0 aliphatic rings. The molecule has 0 fully saturated rings. The number of aliphatic hydroxyl groups is 1. The number of carbonyl (C=O) groups excluding carboxylic acids is 2. The topological polar surface area (TPSA) is 63.6 Å². The van der Waals surface area contributed by atoms with Crippen LogP contribution in [0.1, 0.15) is 61.9 Å². The van der Waals surface area contributed by atoms with Gasteiger partial charge in [-0.3, -0.25) is 4.79 Å². The molecular formula is C18H26O4. The molecule has 122 valence electrons. The number of unbranched alkanes of at least 4 members (excludes halogenated alkanes) is 3. The van der Waals surface area contributed by atoms with Crippen molar-refractivity contribution in [2.24, 2.45) is 0 Å². The third-order valence-corrected chi connectivity index (χ3v) is 3.69. The van der Waals surface area contributed by atoms with Crippen molar-refractivity contribution in [3.63, 3.8) is 0 Å². The number of aryl methyl sites for hydroxylation is 1. The molecule has 0 aliphatic carbocycles. The number of Topliss-reactive ketones (excluding diaryl/α,β-unsaturated/α-hetero) is 1.